The van der Waals surface area contributed by atoms with Crippen molar-refractivity contribution in [2.75, 3.05) is 0 Å². The normalized spacial score (nSPS) is 12.7. The zero-order chi connectivity index (χ0) is 20.9. The van der Waals surface area contributed by atoms with Crippen LogP contribution in [-0.4, -0.2) is 6.29 Å². The molecule has 0 spiro atoms. The summed E-state index contributed by atoms with van der Waals surface area (Å²) >= 11 is 6.87. The van der Waals surface area contributed by atoms with Crippen LogP contribution in [0.5, 0.6) is 0 Å². The van der Waals surface area contributed by atoms with Crippen LogP contribution in [0, 0.1) is 23.7 Å². The first-order valence-corrected chi connectivity index (χ1v) is 11.5. The third-order valence-electron chi connectivity index (χ3n) is 4.86. The van der Waals surface area contributed by atoms with Gasteiger partial charge in [0.2, 0.25) is 0 Å². The lowest BCUT2D eigenvalue weighted by Gasteiger charge is -2.17. The molecule has 28 heavy (non-hydrogen) atoms. The van der Waals surface area contributed by atoms with E-state index in [1.807, 2.05) is 18.2 Å². The Hall–Kier alpha value is -1.19. The van der Waals surface area contributed by atoms with Gasteiger partial charge in [0.25, 0.3) is 0 Å². The highest BCUT2D eigenvalue weighted by Gasteiger charge is 2.12. The SMILES string of the molecule is CC(C)[C@@H](C=C(Br)Br)Cc1ccccc1.CC(C)[C@@H](C=O)Cc1ccccc1. The van der Waals surface area contributed by atoms with Crippen molar-refractivity contribution < 1.29 is 4.79 Å². The number of carbonyl (C=O) groups is 1. The largest absolute Gasteiger partial charge is 0.303 e. The van der Waals surface area contributed by atoms with E-state index < -0.39 is 0 Å². The number of allylic oxidation sites excluding steroid dienone is 1. The molecule has 1 nitrogen and oxygen atoms in total. The predicted molar refractivity (Wildman–Crippen MR) is 129 cm³/mol. The molecule has 2 aromatic rings. The van der Waals surface area contributed by atoms with Gasteiger partial charge in [-0.2, -0.15) is 0 Å². The van der Waals surface area contributed by atoms with Gasteiger partial charge in [-0.05, 0) is 73.6 Å². The summed E-state index contributed by atoms with van der Waals surface area (Å²) in [6.07, 6.45) is 5.26. The van der Waals surface area contributed by atoms with Crippen LogP contribution in [0.25, 0.3) is 0 Å². The summed E-state index contributed by atoms with van der Waals surface area (Å²) < 4.78 is 1.05. The number of benzene rings is 2. The molecule has 2 aromatic carbocycles. The molecule has 0 aliphatic heterocycles. The van der Waals surface area contributed by atoms with Crippen LogP contribution in [0.2, 0.25) is 0 Å². The lowest BCUT2D eigenvalue weighted by molar-refractivity contribution is -0.112. The molecule has 0 heterocycles. The van der Waals surface area contributed by atoms with Crippen molar-refractivity contribution in [3.63, 3.8) is 0 Å². The molecule has 0 fully saturated rings. The van der Waals surface area contributed by atoms with Crippen molar-refractivity contribution in [3.8, 4) is 0 Å². The average Bonchev–Trinajstić information content (AvgIpc) is 2.67. The Kier molecular flexibility index (Phi) is 12.3. The van der Waals surface area contributed by atoms with Crippen LogP contribution < -0.4 is 0 Å². The second-order valence-corrected chi connectivity index (χ2v) is 10.6. The van der Waals surface area contributed by atoms with Crippen LogP contribution in [-0.2, 0) is 17.6 Å². The fourth-order valence-corrected chi connectivity index (χ4v) is 3.54. The van der Waals surface area contributed by atoms with Crippen molar-refractivity contribution in [2.45, 2.75) is 40.5 Å². The van der Waals surface area contributed by atoms with Gasteiger partial charge in [-0.15, -0.1) is 0 Å². The van der Waals surface area contributed by atoms with Crippen LogP contribution in [0.15, 0.2) is 70.1 Å². The highest BCUT2D eigenvalue weighted by molar-refractivity contribution is 9.28. The second kappa shape index (κ2) is 13.9. The first-order valence-electron chi connectivity index (χ1n) is 9.89. The van der Waals surface area contributed by atoms with E-state index in [9.17, 15) is 4.79 Å². The minimum absolute atomic E-state index is 0.155. The molecule has 0 aromatic heterocycles. The lowest BCUT2D eigenvalue weighted by atomic mass is 9.89. The Balaban J connectivity index is 0.000000283. The molecule has 0 amide bonds. The van der Waals surface area contributed by atoms with E-state index in [0.717, 1.165) is 22.5 Å². The zero-order valence-corrected chi connectivity index (χ0v) is 20.5. The van der Waals surface area contributed by atoms with E-state index in [4.69, 9.17) is 0 Å². The van der Waals surface area contributed by atoms with Crippen LogP contribution in [0.3, 0.4) is 0 Å². The summed E-state index contributed by atoms with van der Waals surface area (Å²) in [5.74, 6) is 1.80. The number of rotatable bonds is 8. The summed E-state index contributed by atoms with van der Waals surface area (Å²) in [6.45, 7) is 8.68. The second-order valence-electron chi connectivity index (χ2n) is 7.79. The minimum Gasteiger partial charge on any atom is -0.303 e. The van der Waals surface area contributed by atoms with Gasteiger partial charge in [-0.25, -0.2) is 0 Å². The Labute approximate surface area is 187 Å². The molecule has 3 heteroatoms. The van der Waals surface area contributed by atoms with E-state index in [0.29, 0.717) is 17.8 Å². The fraction of sp³-hybridized carbons (Fsp3) is 0.400. The van der Waals surface area contributed by atoms with E-state index in [1.165, 1.54) is 11.1 Å². The van der Waals surface area contributed by atoms with Gasteiger partial charge in [0, 0.05) is 5.92 Å². The lowest BCUT2D eigenvalue weighted by Crippen LogP contribution is -2.13. The summed E-state index contributed by atoms with van der Waals surface area (Å²) in [6, 6.07) is 20.8. The molecule has 0 bridgehead atoms. The molecule has 0 saturated heterocycles. The molecule has 0 unspecified atom stereocenters. The van der Waals surface area contributed by atoms with Gasteiger partial charge in [0.05, 0.1) is 3.39 Å². The number of aldehydes is 1. The first-order chi connectivity index (χ1) is 13.3. The van der Waals surface area contributed by atoms with Crippen molar-refractivity contribution in [1.29, 1.82) is 0 Å². The molecule has 152 valence electrons. The molecule has 2 atom stereocenters. The molecule has 0 saturated carbocycles. The Bertz CT molecular complexity index is 689. The van der Waals surface area contributed by atoms with Gasteiger partial charge in [0.15, 0.2) is 0 Å². The highest BCUT2D eigenvalue weighted by Crippen LogP contribution is 2.24. The van der Waals surface area contributed by atoms with E-state index in [1.54, 1.807) is 0 Å². The summed E-state index contributed by atoms with van der Waals surface area (Å²) in [5.41, 5.74) is 2.64. The van der Waals surface area contributed by atoms with Crippen LogP contribution in [0.1, 0.15) is 38.8 Å². The van der Waals surface area contributed by atoms with Gasteiger partial charge < -0.3 is 4.79 Å². The number of carbonyl (C=O) groups excluding carboxylic acids is 1. The molecule has 0 aliphatic carbocycles. The predicted octanol–water partition coefficient (Wildman–Crippen LogP) is 7.83. The highest BCUT2D eigenvalue weighted by atomic mass is 79.9. The van der Waals surface area contributed by atoms with Gasteiger partial charge in [-0.1, -0.05) is 94.4 Å². The maximum absolute atomic E-state index is 10.8. The van der Waals surface area contributed by atoms with Gasteiger partial charge >= 0.3 is 0 Å². The topological polar surface area (TPSA) is 17.1 Å². The Morgan fingerprint density at radius 3 is 1.46 bits per heavy atom. The van der Waals surface area contributed by atoms with E-state index in [2.05, 4.69) is 108 Å². The van der Waals surface area contributed by atoms with Crippen LogP contribution >= 0.6 is 31.9 Å². The van der Waals surface area contributed by atoms with E-state index in [-0.39, 0.29) is 5.92 Å². The molecule has 2 rings (SSSR count). The van der Waals surface area contributed by atoms with Crippen molar-refractivity contribution in [1.82, 2.24) is 0 Å². The number of hydrogen-bond acceptors (Lipinski definition) is 1. The number of hydrogen-bond donors (Lipinski definition) is 0. The standard InChI is InChI=1S/C13H16Br2.C12H16O/c1-10(2)12(9-13(14)15)8-11-6-4-3-5-7-11;1-10(2)12(9-13)8-11-6-4-3-5-7-11/h3-7,9-10,12H,8H2,1-2H3;3-7,9-10,12H,8H2,1-2H3/t2*12-/m11/s1. The maximum Gasteiger partial charge on any atom is 0.123 e. The quantitative estimate of drug-likeness (QED) is 0.332. The van der Waals surface area contributed by atoms with Crippen LogP contribution in [0.4, 0.5) is 0 Å². The molecule has 0 aliphatic rings. The minimum atomic E-state index is 0.155. The van der Waals surface area contributed by atoms with Crippen molar-refractivity contribution >= 4 is 38.1 Å². The average molecular weight is 508 g/mol. The van der Waals surface area contributed by atoms with E-state index >= 15 is 0 Å². The van der Waals surface area contributed by atoms with Crippen molar-refractivity contribution in [2.24, 2.45) is 23.7 Å². The van der Waals surface area contributed by atoms with Gasteiger partial charge in [0.1, 0.15) is 6.29 Å². The first kappa shape index (κ1) is 24.8. The maximum atomic E-state index is 10.8. The summed E-state index contributed by atoms with van der Waals surface area (Å²) in [4.78, 5) is 10.8. The molecule has 0 radical (unpaired) electrons. The van der Waals surface area contributed by atoms with Crippen molar-refractivity contribution in [3.05, 3.63) is 81.3 Å². The molecule has 0 N–H and O–H groups in total. The Morgan fingerprint density at radius 1 is 0.750 bits per heavy atom. The summed E-state index contributed by atoms with van der Waals surface area (Å²) in [5, 5.41) is 0. The third-order valence-corrected chi connectivity index (χ3v) is 5.38. The zero-order valence-electron chi connectivity index (χ0n) is 17.3. The Morgan fingerprint density at radius 2 is 1.14 bits per heavy atom. The smallest absolute Gasteiger partial charge is 0.123 e. The number of halogens is 2. The molecular formula is C25H32Br2O. The molecular weight excluding hydrogens is 476 g/mol. The van der Waals surface area contributed by atoms with Gasteiger partial charge in [-0.3, -0.25) is 0 Å². The summed E-state index contributed by atoms with van der Waals surface area (Å²) in [7, 11) is 0. The fourth-order valence-electron chi connectivity index (χ4n) is 2.86. The monoisotopic (exact) mass is 506 g/mol. The third kappa shape index (κ3) is 10.4.